The van der Waals surface area contributed by atoms with Crippen LogP contribution in [0.4, 0.5) is 5.82 Å². The second-order valence-corrected chi connectivity index (χ2v) is 3.15. The standard InChI is InChI=1S/C11H12N4O/c1-2-16-9-5-3-8(4-6-9)10-11(12)13-7-14-15-10/h3-7H,2H2,1H3,(H2,12,13,14). The molecular weight excluding hydrogens is 204 g/mol. The Labute approximate surface area is 93.3 Å². The average Bonchev–Trinajstić information content (AvgIpc) is 2.31. The number of rotatable bonds is 3. The van der Waals surface area contributed by atoms with Crippen molar-refractivity contribution in [2.24, 2.45) is 0 Å². The van der Waals surface area contributed by atoms with Crippen LogP contribution in [-0.4, -0.2) is 21.8 Å². The maximum atomic E-state index is 5.70. The Bertz CT molecular complexity index is 470. The molecule has 0 unspecified atom stereocenters. The number of nitrogen functional groups attached to an aromatic ring is 1. The van der Waals surface area contributed by atoms with Crippen molar-refractivity contribution < 1.29 is 4.74 Å². The molecule has 0 aliphatic carbocycles. The molecule has 0 fully saturated rings. The van der Waals surface area contributed by atoms with Crippen molar-refractivity contribution in [1.82, 2.24) is 15.2 Å². The SMILES string of the molecule is CCOc1ccc(-c2nncnc2N)cc1. The fraction of sp³-hybridized carbons (Fsp3) is 0.182. The van der Waals surface area contributed by atoms with Gasteiger partial charge < -0.3 is 10.5 Å². The van der Waals surface area contributed by atoms with Gasteiger partial charge in [-0.05, 0) is 31.2 Å². The first-order valence-electron chi connectivity index (χ1n) is 4.97. The molecule has 2 N–H and O–H groups in total. The third kappa shape index (κ3) is 2.08. The quantitative estimate of drug-likeness (QED) is 0.841. The van der Waals surface area contributed by atoms with Gasteiger partial charge in [0.2, 0.25) is 0 Å². The van der Waals surface area contributed by atoms with E-state index in [4.69, 9.17) is 10.5 Å². The molecule has 5 heteroatoms. The fourth-order valence-corrected chi connectivity index (χ4v) is 1.37. The summed E-state index contributed by atoms with van der Waals surface area (Å²) in [4.78, 5) is 3.89. The molecule has 0 saturated heterocycles. The van der Waals surface area contributed by atoms with E-state index in [0.717, 1.165) is 11.3 Å². The minimum atomic E-state index is 0.374. The van der Waals surface area contributed by atoms with E-state index in [9.17, 15) is 0 Å². The molecule has 0 bridgehead atoms. The van der Waals surface area contributed by atoms with Crippen LogP contribution in [-0.2, 0) is 0 Å². The lowest BCUT2D eigenvalue weighted by Gasteiger charge is -2.05. The fourth-order valence-electron chi connectivity index (χ4n) is 1.37. The highest BCUT2D eigenvalue weighted by Gasteiger charge is 2.05. The number of anilines is 1. The zero-order chi connectivity index (χ0) is 11.4. The maximum Gasteiger partial charge on any atom is 0.153 e. The van der Waals surface area contributed by atoms with Gasteiger partial charge in [0, 0.05) is 5.56 Å². The van der Waals surface area contributed by atoms with E-state index in [0.29, 0.717) is 18.1 Å². The van der Waals surface area contributed by atoms with Crippen molar-refractivity contribution in [3.63, 3.8) is 0 Å². The van der Waals surface area contributed by atoms with E-state index in [2.05, 4.69) is 15.2 Å². The van der Waals surface area contributed by atoms with Crippen molar-refractivity contribution in [3.05, 3.63) is 30.6 Å². The number of hydrogen-bond acceptors (Lipinski definition) is 5. The predicted octanol–water partition coefficient (Wildman–Crippen LogP) is 1.52. The summed E-state index contributed by atoms with van der Waals surface area (Å²) in [6, 6.07) is 7.50. The molecule has 0 aliphatic rings. The molecule has 16 heavy (non-hydrogen) atoms. The van der Waals surface area contributed by atoms with Crippen molar-refractivity contribution in [3.8, 4) is 17.0 Å². The summed E-state index contributed by atoms with van der Waals surface area (Å²) in [5, 5.41) is 7.65. The summed E-state index contributed by atoms with van der Waals surface area (Å²) in [5.74, 6) is 1.20. The van der Waals surface area contributed by atoms with E-state index < -0.39 is 0 Å². The minimum absolute atomic E-state index is 0.374. The largest absolute Gasteiger partial charge is 0.494 e. The van der Waals surface area contributed by atoms with Crippen LogP contribution in [0.3, 0.4) is 0 Å². The third-order valence-corrected chi connectivity index (χ3v) is 2.09. The molecule has 0 saturated carbocycles. The first-order chi connectivity index (χ1) is 7.81. The topological polar surface area (TPSA) is 73.9 Å². The van der Waals surface area contributed by atoms with Gasteiger partial charge in [-0.2, -0.15) is 0 Å². The molecular formula is C11H12N4O. The Hall–Kier alpha value is -2.17. The van der Waals surface area contributed by atoms with E-state index >= 15 is 0 Å². The zero-order valence-electron chi connectivity index (χ0n) is 8.92. The van der Waals surface area contributed by atoms with Crippen LogP contribution in [0.5, 0.6) is 5.75 Å². The van der Waals surface area contributed by atoms with Crippen LogP contribution < -0.4 is 10.5 Å². The molecule has 1 aromatic heterocycles. The zero-order valence-corrected chi connectivity index (χ0v) is 8.92. The lowest BCUT2D eigenvalue weighted by atomic mass is 10.1. The van der Waals surface area contributed by atoms with Crippen molar-refractivity contribution in [2.75, 3.05) is 12.3 Å². The second-order valence-electron chi connectivity index (χ2n) is 3.15. The highest BCUT2D eigenvalue weighted by atomic mass is 16.5. The Morgan fingerprint density at radius 3 is 2.62 bits per heavy atom. The van der Waals surface area contributed by atoms with Crippen LogP contribution in [0.2, 0.25) is 0 Å². The molecule has 5 nitrogen and oxygen atoms in total. The summed E-state index contributed by atoms with van der Waals surface area (Å²) < 4.78 is 5.34. The molecule has 82 valence electrons. The number of nitrogens with zero attached hydrogens (tertiary/aromatic N) is 3. The third-order valence-electron chi connectivity index (χ3n) is 2.09. The number of benzene rings is 1. The van der Waals surface area contributed by atoms with Crippen molar-refractivity contribution >= 4 is 5.82 Å². The van der Waals surface area contributed by atoms with Gasteiger partial charge in [0.1, 0.15) is 17.8 Å². The first-order valence-corrected chi connectivity index (χ1v) is 4.97. The van der Waals surface area contributed by atoms with Crippen LogP contribution in [0.1, 0.15) is 6.92 Å². The maximum absolute atomic E-state index is 5.70. The van der Waals surface area contributed by atoms with E-state index in [1.54, 1.807) is 0 Å². The Morgan fingerprint density at radius 2 is 2.00 bits per heavy atom. The van der Waals surface area contributed by atoms with Gasteiger partial charge in [0.05, 0.1) is 6.61 Å². The van der Waals surface area contributed by atoms with Gasteiger partial charge in [0.25, 0.3) is 0 Å². The molecule has 0 amide bonds. The summed E-state index contributed by atoms with van der Waals surface area (Å²) in [5.41, 5.74) is 7.17. The first kappa shape index (κ1) is 10.4. The molecule has 2 aromatic rings. The summed E-state index contributed by atoms with van der Waals surface area (Å²) in [7, 11) is 0. The number of aromatic nitrogens is 3. The van der Waals surface area contributed by atoms with Gasteiger partial charge in [-0.25, -0.2) is 4.98 Å². The monoisotopic (exact) mass is 216 g/mol. The molecule has 1 heterocycles. The highest BCUT2D eigenvalue weighted by molar-refractivity contribution is 5.69. The molecule has 0 spiro atoms. The Morgan fingerprint density at radius 1 is 1.25 bits per heavy atom. The lowest BCUT2D eigenvalue weighted by Crippen LogP contribution is -1.98. The average molecular weight is 216 g/mol. The van der Waals surface area contributed by atoms with Crippen LogP contribution in [0, 0.1) is 0 Å². The van der Waals surface area contributed by atoms with Gasteiger partial charge >= 0.3 is 0 Å². The molecule has 1 aromatic carbocycles. The van der Waals surface area contributed by atoms with Gasteiger partial charge in [0.15, 0.2) is 5.82 Å². The molecule has 2 rings (SSSR count). The highest BCUT2D eigenvalue weighted by Crippen LogP contribution is 2.23. The number of nitrogens with two attached hydrogens (primary N) is 1. The Balaban J connectivity index is 2.31. The molecule has 0 atom stereocenters. The van der Waals surface area contributed by atoms with Gasteiger partial charge in [-0.1, -0.05) is 0 Å². The number of hydrogen-bond donors (Lipinski definition) is 1. The second kappa shape index (κ2) is 4.57. The van der Waals surface area contributed by atoms with Crippen LogP contribution in [0.25, 0.3) is 11.3 Å². The number of ether oxygens (including phenoxy) is 1. The summed E-state index contributed by atoms with van der Waals surface area (Å²) in [6.07, 6.45) is 1.33. The van der Waals surface area contributed by atoms with E-state index in [-0.39, 0.29) is 0 Å². The van der Waals surface area contributed by atoms with Crippen molar-refractivity contribution in [2.45, 2.75) is 6.92 Å². The summed E-state index contributed by atoms with van der Waals surface area (Å²) >= 11 is 0. The van der Waals surface area contributed by atoms with E-state index in [1.807, 2.05) is 31.2 Å². The minimum Gasteiger partial charge on any atom is -0.494 e. The Kier molecular flexibility index (Phi) is 2.95. The van der Waals surface area contributed by atoms with Gasteiger partial charge in [-0.3, -0.25) is 0 Å². The normalized spacial score (nSPS) is 10.1. The smallest absolute Gasteiger partial charge is 0.153 e. The van der Waals surface area contributed by atoms with Crippen LogP contribution in [0.15, 0.2) is 30.6 Å². The summed E-state index contributed by atoms with van der Waals surface area (Å²) in [6.45, 7) is 2.59. The van der Waals surface area contributed by atoms with E-state index in [1.165, 1.54) is 6.33 Å². The van der Waals surface area contributed by atoms with Gasteiger partial charge in [-0.15, -0.1) is 10.2 Å². The molecule has 0 aliphatic heterocycles. The molecule has 0 radical (unpaired) electrons. The van der Waals surface area contributed by atoms with Crippen molar-refractivity contribution in [1.29, 1.82) is 0 Å². The lowest BCUT2D eigenvalue weighted by molar-refractivity contribution is 0.340. The van der Waals surface area contributed by atoms with Crippen LogP contribution >= 0.6 is 0 Å². The predicted molar refractivity (Wildman–Crippen MR) is 60.8 cm³/mol.